The van der Waals surface area contributed by atoms with Crippen LogP contribution in [0.3, 0.4) is 0 Å². The highest BCUT2D eigenvalue weighted by atomic mass is 15.1. The zero-order chi connectivity index (χ0) is 11.4. The van der Waals surface area contributed by atoms with Gasteiger partial charge in [0.25, 0.3) is 0 Å². The van der Waals surface area contributed by atoms with E-state index in [1.54, 1.807) is 0 Å². The average Bonchev–Trinajstić information content (AvgIpc) is 2.66. The van der Waals surface area contributed by atoms with Crippen molar-refractivity contribution < 1.29 is 0 Å². The minimum Gasteiger partial charge on any atom is -0.329 e. The zero-order valence-electron chi connectivity index (χ0n) is 9.77. The molecule has 0 aliphatic heterocycles. The Morgan fingerprint density at radius 3 is 3.00 bits per heavy atom. The molecule has 84 valence electrons. The lowest BCUT2D eigenvalue weighted by atomic mass is 10.1. The highest BCUT2D eigenvalue weighted by molar-refractivity contribution is 5.22. The van der Waals surface area contributed by atoms with Crippen LogP contribution in [-0.2, 0) is 13.1 Å². The Labute approximate surface area is 96.1 Å². The highest BCUT2D eigenvalue weighted by Gasteiger charge is 2.01. The van der Waals surface area contributed by atoms with Crippen LogP contribution in [-0.4, -0.2) is 16.6 Å². The first-order valence-corrected chi connectivity index (χ1v) is 5.49. The zero-order valence-corrected chi connectivity index (χ0v) is 9.77. The Morgan fingerprint density at radius 2 is 2.25 bits per heavy atom. The van der Waals surface area contributed by atoms with Crippen LogP contribution in [0.15, 0.2) is 36.8 Å². The second-order valence-corrected chi connectivity index (χ2v) is 4.03. The summed E-state index contributed by atoms with van der Waals surface area (Å²) in [5, 5.41) is 3.15. The molecular weight excluding hydrogens is 198 g/mol. The van der Waals surface area contributed by atoms with Crippen LogP contribution < -0.4 is 5.32 Å². The monoisotopic (exact) mass is 215 g/mol. The Morgan fingerprint density at radius 1 is 1.38 bits per heavy atom. The molecule has 1 aromatic heterocycles. The van der Waals surface area contributed by atoms with Gasteiger partial charge in [-0.25, -0.2) is 4.98 Å². The van der Waals surface area contributed by atoms with E-state index < -0.39 is 0 Å². The molecule has 0 unspecified atom stereocenters. The van der Waals surface area contributed by atoms with Gasteiger partial charge in [0.2, 0.25) is 0 Å². The summed E-state index contributed by atoms with van der Waals surface area (Å²) in [6.45, 7) is 3.86. The molecule has 0 spiro atoms. The second kappa shape index (κ2) is 4.94. The van der Waals surface area contributed by atoms with E-state index in [0.717, 1.165) is 13.1 Å². The predicted octanol–water partition coefficient (Wildman–Crippen LogP) is 1.96. The minimum absolute atomic E-state index is 0.853. The molecular formula is C13H17N3. The highest BCUT2D eigenvalue weighted by Crippen LogP contribution is 2.08. The molecule has 16 heavy (non-hydrogen) atoms. The lowest BCUT2D eigenvalue weighted by Crippen LogP contribution is -2.11. The molecule has 2 rings (SSSR count). The summed E-state index contributed by atoms with van der Waals surface area (Å²) in [4.78, 5) is 4.18. The standard InChI is InChI=1S/C13H17N3/c1-11-4-3-5-12(6-11)9-16-10-15-8-13(16)7-14-2/h3-6,8,10,14H,7,9H2,1-2H3. The van der Waals surface area contributed by atoms with E-state index in [2.05, 4.69) is 46.1 Å². The van der Waals surface area contributed by atoms with Crippen LogP contribution in [0.1, 0.15) is 16.8 Å². The average molecular weight is 215 g/mol. The third-order valence-corrected chi connectivity index (χ3v) is 2.59. The van der Waals surface area contributed by atoms with Gasteiger partial charge < -0.3 is 9.88 Å². The van der Waals surface area contributed by atoms with Crippen molar-refractivity contribution in [2.24, 2.45) is 0 Å². The molecule has 0 saturated carbocycles. The number of imidazole rings is 1. The number of aryl methyl sites for hydroxylation is 1. The van der Waals surface area contributed by atoms with Gasteiger partial charge in [0.1, 0.15) is 0 Å². The van der Waals surface area contributed by atoms with Gasteiger partial charge in [-0.05, 0) is 19.5 Å². The fraction of sp³-hybridized carbons (Fsp3) is 0.308. The van der Waals surface area contributed by atoms with Gasteiger partial charge in [-0.1, -0.05) is 29.8 Å². The Hall–Kier alpha value is -1.61. The van der Waals surface area contributed by atoms with E-state index in [1.165, 1.54) is 16.8 Å². The molecule has 1 aromatic carbocycles. The Balaban J connectivity index is 2.17. The van der Waals surface area contributed by atoms with Crippen molar-refractivity contribution in [2.75, 3.05) is 7.05 Å². The maximum atomic E-state index is 4.18. The van der Waals surface area contributed by atoms with Gasteiger partial charge in [-0.2, -0.15) is 0 Å². The number of nitrogens with zero attached hydrogens (tertiary/aromatic N) is 2. The van der Waals surface area contributed by atoms with E-state index in [1.807, 2.05) is 19.6 Å². The van der Waals surface area contributed by atoms with Gasteiger partial charge in [0.15, 0.2) is 0 Å². The van der Waals surface area contributed by atoms with Crippen LogP contribution >= 0.6 is 0 Å². The molecule has 2 aromatic rings. The summed E-state index contributed by atoms with van der Waals surface area (Å²) in [6, 6.07) is 8.57. The molecule has 0 saturated heterocycles. The molecule has 3 nitrogen and oxygen atoms in total. The van der Waals surface area contributed by atoms with E-state index in [0.29, 0.717) is 0 Å². The van der Waals surface area contributed by atoms with E-state index >= 15 is 0 Å². The summed E-state index contributed by atoms with van der Waals surface area (Å²) < 4.78 is 2.17. The van der Waals surface area contributed by atoms with Gasteiger partial charge in [0, 0.05) is 19.3 Å². The normalized spacial score (nSPS) is 10.6. The molecule has 0 bridgehead atoms. The fourth-order valence-electron chi connectivity index (χ4n) is 1.83. The Bertz CT molecular complexity index is 460. The van der Waals surface area contributed by atoms with Crippen LogP contribution in [0.4, 0.5) is 0 Å². The summed E-state index contributed by atoms with van der Waals surface area (Å²) in [7, 11) is 1.95. The predicted molar refractivity (Wildman–Crippen MR) is 65.3 cm³/mol. The summed E-state index contributed by atoms with van der Waals surface area (Å²) in [6.07, 6.45) is 3.79. The molecule has 3 heteroatoms. The molecule has 1 N–H and O–H groups in total. The van der Waals surface area contributed by atoms with Crippen molar-refractivity contribution >= 4 is 0 Å². The van der Waals surface area contributed by atoms with Crippen molar-refractivity contribution in [3.05, 3.63) is 53.6 Å². The quantitative estimate of drug-likeness (QED) is 0.845. The van der Waals surface area contributed by atoms with Crippen molar-refractivity contribution in [3.8, 4) is 0 Å². The van der Waals surface area contributed by atoms with Crippen molar-refractivity contribution in [3.63, 3.8) is 0 Å². The SMILES string of the molecule is CNCc1cncn1Cc1cccc(C)c1. The molecule has 0 radical (unpaired) electrons. The lowest BCUT2D eigenvalue weighted by molar-refractivity contribution is 0.692. The second-order valence-electron chi connectivity index (χ2n) is 4.03. The van der Waals surface area contributed by atoms with E-state index in [9.17, 15) is 0 Å². The topological polar surface area (TPSA) is 29.9 Å². The minimum atomic E-state index is 0.853. The smallest absolute Gasteiger partial charge is 0.0951 e. The van der Waals surface area contributed by atoms with Crippen LogP contribution in [0.5, 0.6) is 0 Å². The molecule has 0 aliphatic carbocycles. The van der Waals surface area contributed by atoms with Crippen molar-refractivity contribution in [2.45, 2.75) is 20.0 Å². The molecule has 0 fully saturated rings. The third kappa shape index (κ3) is 2.49. The summed E-state index contributed by atoms with van der Waals surface area (Å²) >= 11 is 0. The molecule has 1 heterocycles. The number of aromatic nitrogens is 2. The van der Waals surface area contributed by atoms with Gasteiger partial charge >= 0.3 is 0 Å². The molecule has 0 atom stereocenters. The van der Waals surface area contributed by atoms with Crippen molar-refractivity contribution in [1.82, 2.24) is 14.9 Å². The maximum Gasteiger partial charge on any atom is 0.0951 e. The number of nitrogens with one attached hydrogen (secondary N) is 1. The first kappa shape index (κ1) is 10.9. The third-order valence-electron chi connectivity index (χ3n) is 2.59. The van der Waals surface area contributed by atoms with E-state index in [4.69, 9.17) is 0 Å². The van der Waals surface area contributed by atoms with Gasteiger partial charge in [0.05, 0.1) is 12.0 Å². The first-order valence-electron chi connectivity index (χ1n) is 5.49. The number of hydrogen-bond donors (Lipinski definition) is 1. The van der Waals surface area contributed by atoms with Crippen LogP contribution in [0.2, 0.25) is 0 Å². The number of rotatable bonds is 4. The van der Waals surface area contributed by atoms with Gasteiger partial charge in [-0.3, -0.25) is 0 Å². The van der Waals surface area contributed by atoms with Crippen LogP contribution in [0.25, 0.3) is 0 Å². The van der Waals surface area contributed by atoms with E-state index in [-0.39, 0.29) is 0 Å². The number of hydrogen-bond acceptors (Lipinski definition) is 2. The summed E-state index contributed by atoms with van der Waals surface area (Å²) in [5.41, 5.74) is 3.83. The Kier molecular flexibility index (Phi) is 3.37. The largest absolute Gasteiger partial charge is 0.329 e. The maximum absolute atomic E-state index is 4.18. The lowest BCUT2D eigenvalue weighted by Gasteiger charge is -2.08. The number of benzene rings is 1. The van der Waals surface area contributed by atoms with Crippen LogP contribution in [0, 0.1) is 6.92 Å². The summed E-state index contributed by atoms with van der Waals surface area (Å²) in [5.74, 6) is 0. The fourth-order valence-corrected chi connectivity index (χ4v) is 1.83. The van der Waals surface area contributed by atoms with Crippen molar-refractivity contribution in [1.29, 1.82) is 0 Å². The van der Waals surface area contributed by atoms with Gasteiger partial charge in [-0.15, -0.1) is 0 Å². The molecule has 0 aliphatic rings. The first-order chi connectivity index (χ1) is 7.79. The molecule has 0 amide bonds.